The van der Waals surface area contributed by atoms with E-state index in [1.807, 2.05) is 78.8 Å². The molecule has 32 heteroatoms. The number of azide groups is 1. The molecular weight excluding hydrogens is 1430 g/mol. The molecule has 0 unspecified atom stereocenters. The number of carbonyl (C=O) groups is 10. The standard InChI is InChI=1S/C76H110N16O14S2/c1-15-46(6)68(91(12)76(102)66(44(2)3)88-75(101)67(45(4)5)90(10)11)62(103-13)40-65(95)92-31-19-22-61(92)69(104-14)47(7)70(96)84-53(41-80-89-78)36-50-23-26-52(27-24-50)83-74(100)58(39-63(77)93)87-72(98)49(9)82-71(97)48(8)81-64(94)29-32-105-34-35-106-33-30-79-73(99)51-25-28-56-57(37-51)86-60-43-108-55-21-18-16-17-20-54(38-55)107-42-59(60)85-56/h16-18,20-21,23-28,37-38,44-49,53,58,61-62,66-69H,15,19,22,29-36,39-43H2,1-14H3,(H2,77,93)(H,79,99)(H,81,94)(H,82,97)(H,83,100)(H,84,96)(H,87,98)(H,88,101)/b17-16?,18-16-,20-17+,21-18?,54-20?,54-38+,55-21-,55-38?/t46-,47+,48-,49-,53-,58-,61-,62+,66-,67-,68-,69+/m0/s1. The van der Waals surface area contributed by atoms with Crippen LogP contribution in [0.1, 0.15) is 128 Å². The van der Waals surface area contributed by atoms with Gasteiger partial charge >= 0.3 is 0 Å². The predicted molar refractivity (Wildman–Crippen MR) is 416 cm³/mol. The van der Waals surface area contributed by atoms with Crippen molar-refractivity contribution in [3.05, 3.63) is 122 Å². The van der Waals surface area contributed by atoms with Crippen LogP contribution in [0.2, 0.25) is 0 Å². The molecule has 2 aromatic carbocycles. The molecule has 590 valence electrons. The van der Waals surface area contributed by atoms with Crippen molar-refractivity contribution in [1.29, 1.82) is 0 Å². The van der Waals surface area contributed by atoms with Crippen LogP contribution < -0.4 is 43.0 Å². The van der Waals surface area contributed by atoms with Gasteiger partial charge in [-0.2, -0.15) is 0 Å². The number of nitrogens with zero attached hydrogens (tertiary/aromatic N) is 8. The van der Waals surface area contributed by atoms with Crippen molar-refractivity contribution in [3.63, 3.8) is 0 Å². The summed E-state index contributed by atoms with van der Waals surface area (Å²) in [5, 5.41) is 22.8. The van der Waals surface area contributed by atoms with E-state index < -0.39 is 108 Å². The van der Waals surface area contributed by atoms with Crippen LogP contribution in [-0.2, 0) is 80.0 Å². The van der Waals surface area contributed by atoms with Gasteiger partial charge in [-0.25, -0.2) is 9.97 Å². The molecule has 3 aliphatic rings. The number of primary amides is 1. The highest BCUT2D eigenvalue weighted by molar-refractivity contribution is 8.03. The van der Waals surface area contributed by atoms with E-state index in [1.54, 1.807) is 89.8 Å². The second-order valence-electron chi connectivity index (χ2n) is 28.2. The quantitative estimate of drug-likeness (QED) is 0.0137. The minimum absolute atomic E-state index is 0.0125. The minimum atomic E-state index is -1.47. The van der Waals surface area contributed by atoms with Gasteiger partial charge in [-0.05, 0) is 125 Å². The molecular formula is C76H110N16O14S2. The number of fused-ring (bicyclic) bond motifs is 3. The molecule has 0 radical (unpaired) electrons. The molecule has 10 amide bonds. The topological polar surface area (TPSA) is 402 Å². The molecule has 1 saturated heterocycles. The number of carbonyl (C=O) groups excluding carboxylic acids is 10. The molecule has 1 aliphatic carbocycles. The highest BCUT2D eigenvalue weighted by atomic mass is 32.2. The van der Waals surface area contributed by atoms with Crippen LogP contribution in [0, 0.1) is 23.7 Å². The summed E-state index contributed by atoms with van der Waals surface area (Å²) >= 11 is 3.40. The number of aromatic nitrogens is 2. The number of hydrogen-bond acceptors (Lipinski definition) is 20. The Morgan fingerprint density at radius 3 is 2.04 bits per heavy atom. The first-order valence-corrected chi connectivity index (χ1v) is 38.7. The predicted octanol–water partition coefficient (Wildman–Crippen LogP) is 6.15. The SMILES string of the molecule is CC[C@H](C)[C@@H]([C@@H](CC(=O)N1CCC[C@H]1[C@H](OC)[C@@H](C)C(=O)N[C@H](CN=[N+]=[N-])Cc1ccc(NC(=O)[C@H](CC(N)=O)NC(=O)[C@H](C)NC(=O)[C@H](C)NC(=O)CCOCCOCCNC(=O)c2ccc3nc4c(nc3c2)CSC2=C\C=C/C=C/C(=C\2)SC4)cc1)OC)N(C)C(=O)[C@@H](NC(=O)[C@H](C(C)C)N(C)C)C(C)C. The second kappa shape index (κ2) is 44.0. The Bertz CT molecular complexity index is 3780. The van der Waals surface area contributed by atoms with Gasteiger partial charge in [0.1, 0.15) is 24.2 Å². The number of nitrogens with two attached hydrogens (primary N) is 1. The lowest BCUT2D eigenvalue weighted by atomic mass is 9.89. The number of nitrogens with one attached hydrogen (secondary N) is 7. The zero-order valence-electron chi connectivity index (χ0n) is 64.6. The van der Waals surface area contributed by atoms with Crippen LogP contribution in [-0.4, -0.2) is 226 Å². The molecule has 3 heterocycles. The number of allylic oxidation sites excluding steroid dienone is 6. The number of ether oxygens (including phenoxy) is 4. The summed E-state index contributed by atoms with van der Waals surface area (Å²) in [6.45, 7) is 17.2. The molecule has 108 heavy (non-hydrogen) atoms. The van der Waals surface area contributed by atoms with Gasteiger partial charge in [0.2, 0.25) is 53.2 Å². The first-order chi connectivity index (χ1) is 51.5. The zero-order valence-corrected chi connectivity index (χ0v) is 66.2. The fraction of sp³-hybridized carbons (Fsp3) is 0.579. The van der Waals surface area contributed by atoms with E-state index in [4.69, 9.17) is 34.6 Å². The Kier molecular flexibility index (Phi) is 36.0. The average molecular weight is 1540 g/mol. The number of methoxy groups -OCH3 is 2. The number of hydrogen-bond donors (Lipinski definition) is 8. The summed E-state index contributed by atoms with van der Waals surface area (Å²) in [5.74, 6) is -5.10. The van der Waals surface area contributed by atoms with E-state index in [1.165, 1.54) is 28.1 Å². The smallest absolute Gasteiger partial charge is 0.251 e. The monoisotopic (exact) mass is 1530 g/mol. The first-order valence-electron chi connectivity index (χ1n) is 36.7. The lowest BCUT2D eigenvalue weighted by Crippen LogP contribution is -2.59. The molecule has 2 aliphatic heterocycles. The highest BCUT2D eigenvalue weighted by Gasteiger charge is 2.44. The second-order valence-corrected chi connectivity index (χ2v) is 30.3. The van der Waals surface area contributed by atoms with Crippen LogP contribution in [0.3, 0.4) is 0 Å². The number of benzene rings is 2. The molecule has 1 fully saturated rings. The Morgan fingerprint density at radius 1 is 0.731 bits per heavy atom. The molecule has 12 atom stereocenters. The Morgan fingerprint density at radius 2 is 1.40 bits per heavy atom. The minimum Gasteiger partial charge on any atom is -0.379 e. The fourth-order valence-electron chi connectivity index (χ4n) is 13.2. The number of rotatable bonds is 41. The van der Waals surface area contributed by atoms with Crippen LogP contribution in [0.4, 0.5) is 5.69 Å². The van der Waals surface area contributed by atoms with Crippen molar-refractivity contribution in [1.82, 2.24) is 56.6 Å². The fourth-order valence-corrected chi connectivity index (χ4v) is 15.1. The van der Waals surface area contributed by atoms with Gasteiger partial charge in [-0.15, -0.1) is 23.5 Å². The van der Waals surface area contributed by atoms with Crippen LogP contribution in [0.25, 0.3) is 21.5 Å². The van der Waals surface area contributed by atoms with Crippen molar-refractivity contribution >= 4 is 99.3 Å². The summed E-state index contributed by atoms with van der Waals surface area (Å²) in [5.41, 5.74) is 19.3. The summed E-state index contributed by atoms with van der Waals surface area (Å²) in [6, 6.07) is 4.87. The number of likely N-dealkylation sites (tertiary alicyclic amines) is 1. The number of likely N-dealkylation sites (N-methyl/N-ethyl adjacent to an activating group) is 2. The van der Waals surface area contributed by atoms with Crippen LogP contribution in [0.5, 0.6) is 0 Å². The molecule has 3 aromatic rings. The van der Waals surface area contributed by atoms with Gasteiger partial charge in [0, 0.05) is 90.8 Å². The van der Waals surface area contributed by atoms with Crippen molar-refractivity contribution in [2.75, 3.05) is 86.7 Å². The van der Waals surface area contributed by atoms with Crippen LogP contribution in [0.15, 0.2) is 93.8 Å². The lowest BCUT2D eigenvalue weighted by Gasteiger charge is -2.41. The Labute approximate surface area is 641 Å². The van der Waals surface area contributed by atoms with E-state index in [2.05, 4.69) is 65.5 Å². The third kappa shape index (κ3) is 26.5. The average Bonchev–Trinajstić information content (AvgIpc) is 1.31. The van der Waals surface area contributed by atoms with Gasteiger partial charge in [-0.3, -0.25) is 52.8 Å². The van der Waals surface area contributed by atoms with Gasteiger partial charge < -0.3 is 71.7 Å². The molecule has 2 bridgehead atoms. The molecule has 0 saturated carbocycles. The number of anilines is 1. The van der Waals surface area contributed by atoms with E-state index in [-0.39, 0.29) is 106 Å². The number of thioether (sulfide) groups is 2. The molecule has 6 rings (SSSR count). The van der Waals surface area contributed by atoms with Crippen molar-refractivity contribution in [3.8, 4) is 0 Å². The maximum atomic E-state index is 14.5. The first kappa shape index (κ1) is 88.2. The largest absolute Gasteiger partial charge is 0.379 e. The summed E-state index contributed by atoms with van der Waals surface area (Å²) in [6.07, 6.45) is 12.1. The summed E-state index contributed by atoms with van der Waals surface area (Å²) in [4.78, 5) is 155. The van der Waals surface area contributed by atoms with E-state index >= 15 is 0 Å². The number of amides is 10. The normalized spacial score (nSPS) is 18.8. The highest BCUT2D eigenvalue weighted by Crippen LogP contribution is 2.35. The van der Waals surface area contributed by atoms with E-state index in [9.17, 15) is 53.5 Å². The maximum Gasteiger partial charge on any atom is 0.251 e. The van der Waals surface area contributed by atoms with Gasteiger partial charge in [0.15, 0.2) is 0 Å². The molecule has 9 N–H and O–H groups in total. The molecule has 1 aromatic heterocycles. The summed E-state index contributed by atoms with van der Waals surface area (Å²) < 4.78 is 23.3. The zero-order chi connectivity index (χ0) is 79.3. The Balaban J connectivity index is 0.917. The van der Waals surface area contributed by atoms with Crippen molar-refractivity contribution in [2.45, 2.75) is 179 Å². The third-order valence-electron chi connectivity index (χ3n) is 19.2. The summed E-state index contributed by atoms with van der Waals surface area (Å²) in [7, 11) is 8.34. The van der Waals surface area contributed by atoms with E-state index in [0.29, 0.717) is 59.5 Å². The van der Waals surface area contributed by atoms with Gasteiger partial charge in [0.05, 0.1) is 97.9 Å². The maximum absolute atomic E-state index is 14.5. The Hall–Kier alpha value is -8.75. The van der Waals surface area contributed by atoms with E-state index in [0.717, 1.165) is 21.2 Å². The lowest BCUT2D eigenvalue weighted by molar-refractivity contribution is -0.148. The van der Waals surface area contributed by atoms with Crippen molar-refractivity contribution < 1.29 is 66.9 Å². The van der Waals surface area contributed by atoms with Gasteiger partial charge in [0.25, 0.3) is 5.91 Å². The van der Waals surface area contributed by atoms with Crippen molar-refractivity contribution in [2.24, 2.45) is 34.5 Å². The molecule has 30 nitrogen and oxygen atoms in total. The third-order valence-corrected chi connectivity index (χ3v) is 21.2. The van der Waals surface area contributed by atoms with Gasteiger partial charge in [-0.1, -0.05) is 90.4 Å². The van der Waals surface area contributed by atoms with Crippen LogP contribution >= 0.6 is 23.5 Å². The molecule has 0 spiro atoms.